The number of halogens is 1. The van der Waals surface area contributed by atoms with E-state index in [9.17, 15) is 4.39 Å². The molecule has 0 aromatic heterocycles. The Balaban J connectivity index is 0.00000242. The fourth-order valence-electron chi connectivity index (χ4n) is 2.12. The smallest absolute Gasteiger partial charge is 0.141 e. The molecule has 2 rings (SSSR count). The molecule has 0 unspecified atom stereocenters. The Bertz CT molecular complexity index is 618. The van der Waals surface area contributed by atoms with Crippen LogP contribution in [0.15, 0.2) is 30.6 Å². The third-order valence-corrected chi connectivity index (χ3v) is 3.16. The summed E-state index contributed by atoms with van der Waals surface area (Å²) in [4.78, 5) is 0. The molecule has 116 valence electrons. The SMILES string of the molecule is C=C(/C=C/c1c(C)cc(OCC)c(C2=C[CH]2)c1F)OCC.[V]. The first-order valence-corrected chi connectivity index (χ1v) is 7.09. The van der Waals surface area contributed by atoms with Gasteiger partial charge in [-0.15, -0.1) is 0 Å². The average molecular weight is 338 g/mol. The van der Waals surface area contributed by atoms with E-state index in [1.807, 2.05) is 39.3 Å². The van der Waals surface area contributed by atoms with Crippen molar-refractivity contribution in [3.05, 3.63) is 59.5 Å². The number of hydrogen-bond acceptors (Lipinski definition) is 2. The Labute approximate surface area is 143 Å². The van der Waals surface area contributed by atoms with E-state index in [0.29, 0.717) is 35.8 Å². The molecule has 0 spiro atoms. The molecule has 1 aromatic rings. The molecular weight excluding hydrogens is 318 g/mol. The summed E-state index contributed by atoms with van der Waals surface area (Å²) in [5.74, 6) is 0.844. The van der Waals surface area contributed by atoms with Gasteiger partial charge in [0.05, 0.1) is 18.8 Å². The van der Waals surface area contributed by atoms with E-state index in [-0.39, 0.29) is 24.4 Å². The van der Waals surface area contributed by atoms with E-state index >= 15 is 0 Å². The normalized spacial score (nSPS) is 12.6. The maximum atomic E-state index is 14.8. The molecule has 0 fully saturated rings. The maximum absolute atomic E-state index is 14.8. The standard InChI is InChI=1S/C18H20FO2.V/c1-5-20-13(4)7-10-15-12(3)11-16(21-6-2)17(18(15)19)14-8-9-14;/h7-11H,4-6H2,1-3H3;/b10-7+;. The predicted octanol–water partition coefficient (Wildman–Crippen LogP) is 4.70. The molecule has 2 radical (unpaired) electrons. The quantitative estimate of drug-likeness (QED) is 0.530. The van der Waals surface area contributed by atoms with Crippen LogP contribution < -0.4 is 4.74 Å². The van der Waals surface area contributed by atoms with Gasteiger partial charge in [0.15, 0.2) is 0 Å². The van der Waals surface area contributed by atoms with Crippen molar-refractivity contribution in [1.82, 2.24) is 0 Å². The van der Waals surface area contributed by atoms with Crippen LogP contribution in [0.1, 0.15) is 30.5 Å². The summed E-state index contributed by atoms with van der Waals surface area (Å²) in [5, 5.41) is 0. The van der Waals surface area contributed by atoms with Gasteiger partial charge in [-0.05, 0) is 50.1 Å². The molecule has 1 aromatic carbocycles. The van der Waals surface area contributed by atoms with Crippen LogP contribution in [-0.2, 0) is 23.3 Å². The van der Waals surface area contributed by atoms with Gasteiger partial charge in [0, 0.05) is 30.5 Å². The topological polar surface area (TPSA) is 18.5 Å². The number of rotatable bonds is 7. The number of benzene rings is 1. The van der Waals surface area contributed by atoms with Gasteiger partial charge < -0.3 is 9.47 Å². The molecule has 0 amide bonds. The van der Waals surface area contributed by atoms with Crippen molar-refractivity contribution >= 4 is 11.6 Å². The second-order valence-corrected chi connectivity index (χ2v) is 4.75. The van der Waals surface area contributed by atoms with E-state index in [2.05, 4.69) is 6.58 Å². The van der Waals surface area contributed by atoms with Gasteiger partial charge in [0.25, 0.3) is 0 Å². The first kappa shape index (κ1) is 18.6. The van der Waals surface area contributed by atoms with Crippen molar-refractivity contribution in [2.75, 3.05) is 13.2 Å². The molecule has 0 bridgehead atoms. The Morgan fingerprint density at radius 2 is 2.00 bits per heavy atom. The second-order valence-electron chi connectivity index (χ2n) is 4.75. The molecule has 0 aliphatic heterocycles. The first-order valence-electron chi connectivity index (χ1n) is 7.09. The van der Waals surface area contributed by atoms with Crippen molar-refractivity contribution in [2.24, 2.45) is 0 Å². The van der Waals surface area contributed by atoms with Crippen molar-refractivity contribution < 1.29 is 32.4 Å². The zero-order valence-corrected chi connectivity index (χ0v) is 14.5. The number of aryl methyl sites for hydroxylation is 1. The van der Waals surface area contributed by atoms with Crippen LogP contribution in [0.25, 0.3) is 11.6 Å². The zero-order chi connectivity index (χ0) is 15.4. The van der Waals surface area contributed by atoms with E-state index in [1.54, 1.807) is 12.2 Å². The average Bonchev–Trinajstić information content (AvgIpc) is 3.23. The van der Waals surface area contributed by atoms with Crippen LogP contribution in [0.4, 0.5) is 4.39 Å². The van der Waals surface area contributed by atoms with Crippen LogP contribution in [-0.4, -0.2) is 13.2 Å². The number of allylic oxidation sites excluding steroid dienone is 3. The fourth-order valence-corrected chi connectivity index (χ4v) is 2.12. The summed E-state index contributed by atoms with van der Waals surface area (Å²) >= 11 is 0. The molecule has 0 N–H and O–H groups in total. The minimum atomic E-state index is -0.265. The van der Waals surface area contributed by atoms with Crippen LogP contribution in [0, 0.1) is 19.2 Å². The summed E-state index contributed by atoms with van der Waals surface area (Å²) in [6.07, 6.45) is 7.14. The van der Waals surface area contributed by atoms with E-state index < -0.39 is 0 Å². The van der Waals surface area contributed by atoms with Crippen LogP contribution in [0.2, 0.25) is 0 Å². The minimum Gasteiger partial charge on any atom is -0.495 e. The van der Waals surface area contributed by atoms with Gasteiger partial charge in [-0.3, -0.25) is 0 Å². The summed E-state index contributed by atoms with van der Waals surface area (Å²) in [7, 11) is 0. The van der Waals surface area contributed by atoms with Gasteiger partial charge in [-0.2, -0.15) is 0 Å². The van der Waals surface area contributed by atoms with Crippen LogP contribution >= 0.6 is 0 Å². The molecule has 22 heavy (non-hydrogen) atoms. The molecule has 0 heterocycles. The Morgan fingerprint density at radius 3 is 2.55 bits per heavy atom. The van der Waals surface area contributed by atoms with Gasteiger partial charge in [-0.25, -0.2) is 4.39 Å². The van der Waals surface area contributed by atoms with Crippen molar-refractivity contribution in [3.63, 3.8) is 0 Å². The monoisotopic (exact) mass is 338 g/mol. The van der Waals surface area contributed by atoms with Crippen molar-refractivity contribution in [2.45, 2.75) is 20.8 Å². The molecule has 1 aliphatic rings. The summed E-state index contributed by atoms with van der Waals surface area (Å²) < 4.78 is 25.6. The fraction of sp³-hybridized carbons (Fsp3) is 0.278. The molecule has 4 heteroatoms. The second kappa shape index (κ2) is 8.26. The Hall–Kier alpha value is -1.45. The minimum absolute atomic E-state index is 0. The number of hydrogen-bond donors (Lipinski definition) is 0. The molecule has 1 aliphatic carbocycles. The van der Waals surface area contributed by atoms with E-state index in [0.717, 1.165) is 11.1 Å². The Morgan fingerprint density at radius 1 is 1.32 bits per heavy atom. The van der Waals surface area contributed by atoms with Gasteiger partial charge in [-0.1, -0.05) is 12.7 Å². The maximum Gasteiger partial charge on any atom is 0.141 e. The summed E-state index contributed by atoms with van der Waals surface area (Å²) in [6, 6.07) is 1.87. The van der Waals surface area contributed by atoms with Gasteiger partial charge >= 0.3 is 0 Å². The number of ether oxygens (including phenoxy) is 2. The largest absolute Gasteiger partial charge is 0.495 e. The van der Waals surface area contributed by atoms with Crippen molar-refractivity contribution in [3.8, 4) is 5.75 Å². The molecule has 0 saturated heterocycles. The van der Waals surface area contributed by atoms with E-state index in [4.69, 9.17) is 9.47 Å². The molecular formula is C18H20FO2V. The van der Waals surface area contributed by atoms with Crippen LogP contribution in [0.3, 0.4) is 0 Å². The third-order valence-electron chi connectivity index (χ3n) is 3.16. The zero-order valence-electron chi connectivity index (χ0n) is 13.1. The summed E-state index contributed by atoms with van der Waals surface area (Å²) in [5.41, 5.74) is 2.77. The third kappa shape index (κ3) is 4.28. The van der Waals surface area contributed by atoms with E-state index in [1.165, 1.54) is 0 Å². The first-order chi connectivity index (χ1) is 10.1. The molecule has 0 saturated carbocycles. The predicted molar refractivity (Wildman–Crippen MR) is 84.4 cm³/mol. The Kier molecular flexibility index (Phi) is 6.98. The molecule has 2 nitrogen and oxygen atoms in total. The summed E-state index contributed by atoms with van der Waals surface area (Å²) in [6.45, 7) is 10.5. The molecule has 0 atom stereocenters. The van der Waals surface area contributed by atoms with Gasteiger partial charge in [0.1, 0.15) is 17.3 Å². The van der Waals surface area contributed by atoms with Gasteiger partial charge in [0.2, 0.25) is 0 Å². The van der Waals surface area contributed by atoms with Crippen molar-refractivity contribution in [1.29, 1.82) is 0 Å². The van der Waals surface area contributed by atoms with Crippen LogP contribution in [0.5, 0.6) is 5.75 Å².